The van der Waals surface area contributed by atoms with E-state index >= 15 is 0 Å². The van der Waals surface area contributed by atoms with E-state index in [-0.39, 0.29) is 13.2 Å². The minimum atomic E-state index is -1.40. The van der Waals surface area contributed by atoms with Crippen LogP contribution < -0.4 is 11.1 Å². The number of carbonyl (C=O) groups excluding carboxylic acids is 5. The van der Waals surface area contributed by atoms with Gasteiger partial charge in [-0.25, -0.2) is 0 Å². The maximum Gasteiger partial charge on any atom is 0.303 e. The summed E-state index contributed by atoms with van der Waals surface area (Å²) in [6, 6.07) is -1.08. The molecule has 44 heavy (non-hydrogen) atoms. The fourth-order valence-electron chi connectivity index (χ4n) is 4.91. The number of nitrogens with one attached hydrogen (secondary N) is 1. The van der Waals surface area contributed by atoms with E-state index in [1.54, 1.807) is 0 Å². The van der Waals surface area contributed by atoms with Gasteiger partial charge < -0.3 is 39.5 Å². The van der Waals surface area contributed by atoms with Crippen molar-refractivity contribution in [2.24, 2.45) is 5.73 Å². The molecule has 0 radical (unpaired) electrons. The largest absolute Gasteiger partial charge is 0.463 e. The van der Waals surface area contributed by atoms with Crippen molar-refractivity contribution in [3.63, 3.8) is 0 Å². The molecule has 13 nitrogen and oxygen atoms in total. The lowest BCUT2D eigenvalue weighted by atomic mass is 9.98. The summed E-state index contributed by atoms with van der Waals surface area (Å²) in [4.78, 5) is 59.7. The van der Waals surface area contributed by atoms with E-state index in [1.807, 2.05) is 0 Å². The van der Waals surface area contributed by atoms with Gasteiger partial charge in [0.1, 0.15) is 18.8 Å². The normalized spacial score (nSPS) is 22.0. The van der Waals surface area contributed by atoms with Crippen molar-refractivity contribution in [1.82, 2.24) is 5.32 Å². The summed E-state index contributed by atoms with van der Waals surface area (Å²) in [5, 5.41) is 2.80. The monoisotopic (exact) mass is 630 g/mol. The zero-order valence-electron chi connectivity index (χ0n) is 27.1. The third-order valence-electron chi connectivity index (χ3n) is 7.05. The molecule has 0 bridgehead atoms. The van der Waals surface area contributed by atoms with Crippen LogP contribution in [0.4, 0.5) is 0 Å². The molecule has 1 saturated heterocycles. The predicted molar refractivity (Wildman–Crippen MR) is 160 cm³/mol. The average Bonchev–Trinajstić information content (AvgIpc) is 2.94. The molecule has 0 aromatic heterocycles. The Bertz CT molecular complexity index is 885. The summed E-state index contributed by atoms with van der Waals surface area (Å²) < 4.78 is 32.7. The average molecular weight is 631 g/mol. The Morgan fingerprint density at radius 2 is 1.16 bits per heavy atom. The first-order chi connectivity index (χ1) is 21.0. The van der Waals surface area contributed by atoms with Crippen molar-refractivity contribution in [3.8, 4) is 0 Å². The van der Waals surface area contributed by atoms with Crippen LogP contribution in [0.5, 0.6) is 0 Å². The number of hydrogen-bond acceptors (Lipinski definition) is 12. The second-order valence-corrected chi connectivity index (χ2v) is 11.2. The van der Waals surface area contributed by atoms with Gasteiger partial charge >= 0.3 is 23.9 Å². The van der Waals surface area contributed by atoms with Crippen molar-refractivity contribution in [1.29, 1.82) is 0 Å². The van der Waals surface area contributed by atoms with Crippen LogP contribution in [0.15, 0.2) is 0 Å². The summed E-state index contributed by atoms with van der Waals surface area (Å²) in [6.07, 6.45) is 7.96. The molecule has 0 aromatic rings. The maximum absolute atomic E-state index is 12.6. The van der Waals surface area contributed by atoms with Crippen LogP contribution in [0, 0.1) is 0 Å². The molecule has 254 valence electrons. The van der Waals surface area contributed by atoms with Crippen LogP contribution in [-0.2, 0) is 52.4 Å². The molecule has 13 heteroatoms. The standard InChI is InChI=1S/C31H54N2O11/c1-6-7-8-9-10-11-12-13-14-15-16-17-18-33-30(38)25(32)19-40-31-29(43-24(5)37)28(42-23(4)36)27(41-22(3)35)26(44-31)20-39-21(2)34/h25-29,31H,6-20,32H2,1-5H3,(H,33,38)/t25-,26+,27-,28-,29+,31+/m0/s1. The summed E-state index contributed by atoms with van der Waals surface area (Å²) in [5.41, 5.74) is 6.05. The second-order valence-electron chi connectivity index (χ2n) is 11.2. The van der Waals surface area contributed by atoms with Gasteiger partial charge in [0.25, 0.3) is 0 Å². The lowest BCUT2D eigenvalue weighted by Crippen LogP contribution is -2.63. The van der Waals surface area contributed by atoms with Crippen LogP contribution in [-0.4, -0.2) is 86.3 Å². The Hall–Kier alpha value is -2.77. The Kier molecular flexibility index (Phi) is 20.2. The molecule has 0 spiro atoms. The van der Waals surface area contributed by atoms with Gasteiger partial charge in [0.2, 0.25) is 5.91 Å². The van der Waals surface area contributed by atoms with Crippen LogP contribution in [0.1, 0.15) is 112 Å². The first-order valence-corrected chi connectivity index (χ1v) is 15.9. The van der Waals surface area contributed by atoms with E-state index in [2.05, 4.69) is 12.2 Å². The SMILES string of the molecule is CCCCCCCCCCCCCCNC(=O)[C@@H](N)CO[C@@H]1O[C@H](COC(C)=O)[C@H](OC(C)=O)[C@H](OC(C)=O)[C@H]1OC(C)=O. The molecule has 1 amide bonds. The summed E-state index contributed by atoms with van der Waals surface area (Å²) in [6.45, 7) is 6.54. The molecule has 0 saturated carbocycles. The zero-order chi connectivity index (χ0) is 32.9. The Morgan fingerprint density at radius 1 is 0.682 bits per heavy atom. The molecule has 1 aliphatic heterocycles. The van der Waals surface area contributed by atoms with E-state index in [1.165, 1.54) is 64.7 Å². The highest BCUT2D eigenvalue weighted by Crippen LogP contribution is 2.30. The van der Waals surface area contributed by atoms with Gasteiger partial charge in [-0.15, -0.1) is 0 Å². The second kappa shape index (κ2) is 22.7. The number of hydrogen-bond donors (Lipinski definition) is 2. The molecule has 1 rings (SSSR count). The van der Waals surface area contributed by atoms with Gasteiger partial charge in [0.15, 0.2) is 24.6 Å². The number of rotatable bonds is 22. The Labute approximate surface area is 261 Å². The lowest BCUT2D eigenvalue weighted by molar-refractivity contribution is -0.308. The van der Waals surface area contributed by atoms with Crippen molar-refractivity contribution in [2.45, 2.75) is 148 Å². The van der Waals surface area contributed by atoms with E-state index in [4.69, 9.17) is 34.2 Å². The Balaban J connectivity index is 2.62. The van der Waals surface area contributed by atoms with Crippen molar-refractivity contribution in [3.05, 3.63) is 0 Å². The van der Waals surface area contributed by atoms with E-state index in [9.17, 15) is 24.0 Å². The minimum absolute atomic E-state index is 0.335. The number of carbonyl (C=O) groups is 5. The molecule has 6 atom stereocenters. The highest BCUT2D eigenvalue weighted by atomic mass is 16.7. The van der Waals surface area contributed by atoms with Crippen molar-refractivity contribution in [2.75, 3.05) is 19.8 Å². The smallest absolute Gasteiger partial charge is 0.303 e. The molecular weight excluding hydrogens is 576 g/mol. The van der Waals surface area contributed by atoms with Crippen molar-refractivity contribution >= 4 is 29.8 Å². The quantitative estimate of drug-likeness (QED) is 0.101. The molecule has 1 aliphatic rings. The molecule has 3 N–H and O–H groups in total. The van der Waals surface area contributed by atoms with Gasteiger partial charge in [0, 0.05) is 34.2 Å². The fraction of sp³-hybridized carbons (Fsp3) is 0.839. The first-order valence-electron chi connectivity index (χ1n) is 15.9. The summed E-state index contributed by atoms with van der Waals surface area (Å²) in [7, 11) is 0. The number of esters is 4. The van der Waals surface area contributed by atoms with E-state index in [0.717, 1.165) is 40.0 Å². The number of ether oxygens (including phenoxy) is 6. The highest BCUT2D eigenvalue weighted by Gasteiger charge is 2.52. The summed E-state index contributed by atoms with van der Waals surface area (Å²) in [5.74, 6) is -3.32. The van der Waals surface area contributed by atoms with Gasteiger partial charge in [-0.2, -0.15) is 0 Å². The van der Waals surface area contributed by atoms with Gasteiger partial charge in [-0.05, 0) is 6.42 Å². The number of nitrogens with two attached hydrogens (primary N) is 1. The van der Waals surface area contributed by atoms with Crippen molar-refractivity contribution < 1.29 is 52.4 Å². The highest BCUT2D eigenvalue weighted by molar-refractivity contribution is 5.81. The third kappa shape index (κ3) is 16.9. The summed E-state index contributed by atoms with van der Waals surface area (Å²) >= 11 is 0. The van der Waals surface area contributed by atoms with Crippen LogP contribution in [0.25, 0.3) is 0 Å². The molecule has 1 heterocycles. The van der Waals surface area contributed by atoms with Crippen LogP contribution in [0.2, 0.25) is 0 Å². The predicted octanol–water partition coefficient (Wildman–Crippen LogP) is 3.23. The molecular formula is C31H54N2O11. The molecule has 1 fully saturated rings. The molecule has 0 aliphatic carbocycles. The Morgan fingerprint density at radius 3 is 1.66 bits per heavy atom. The number of amides is 1. The van der Waals surface area contributed by atoms with Gasteiger partial charge in [-0.1, -0.05) is 77.6 Å². The lowest BCUT2D eigenvalue weighted by Gasteiger charge is -2.44. The van der Waals surface area contributed by atoms with Crippen LogP contribution in [0.3, 0.4) is 0 Å². The minimum Gasteiger partial charge on any atom is -0.463 e. The first kappa shape index (κ1) is 39.3. The topological polar surface area (TPSA) is 179 Å². The zero-order valence-corrected chi connectivity index (χ0v) is 27.1. The van der Waals surface area contributed by atoms with E-state index in [0.29, 0.717) is 6.54 Å². The molecule has 0 aromatic carbocycles. The number of unbranched alkanes of at least 4 members (excludes halogenated alkanes) is 11. The molecule has 0 unspecified atom stereocenters. The van der Waals surface area contributed by atoms with E-state index < -0.39 is 66.5 Å². The maximum atomic E-state index is 12.6. The van der Waals surface area contributed by atoms with Gasteiger partial charge in [0.05, 0.1) is 6.61 Å². The van der Waals surface area contributed by atoms with Gasteiger partial charge in [-0.3, -0.25) is 24.0 Å². The fourth-order valence-corrected chi connectivity index (χ4v) is 4.91. The van der Waals surface area contributed by atoms with Crippen LogP contribution >= 0.6 is 0 Å². The third-order valence-corrected chi connectivity index (χ3v) is 7.05.